The third-order valence-electron chi connectivity index (χ3n) is 11.2. The van der Waals surface area contributed by atoms with Crippen LogP contribution in [0.2, 0.25) is 0 Å². The van der Waals surface area contributed by atoms with Gasteiger partial charge in [0, 0.05) is 12.8 Å². The molecule has 0 spiro atoms. The molecule has 344 valence electrons. The molecule has 1 heterocycles. The van der Waals surface area contributed by atoms with Gasteiger partial charge < -0.3 is 38.8 Å². The number of ether oxygens (including phenoxy) is 4. The number of esters is 2. The third-order valence-corrected chi connectivity index (χ3v) is 11.9. The summed E-state index contributed by atoms with van der Waals surface area (Å²) in [6.07, 6.45) is 26.8. The van der Waals surface area contributed by atoms with E-state index < -0.39 is 71.2 Å². The van der Waals surface area contributed by atoms with Gasteiger partial charge in [0.2, 0.25) is 0 Å². The van der Waals surface area contributed by atoms with E-state index in [1.54, 1.807) is 0 Å². The molecule has 1 saturated heterocycles. The summed E-state index contributed by atoms with van der Waals surface area (Å²) in [7, 11) is -4.85. The maximum absolute atomic E-state index is 12.8. The van der Waals surface area contributed by atoms with E-state index in [4.69, 9.17) is 18.9 Å². The minimum atomic E-state index is -4.85. The Bertz CT molecular complexity index is 1100. The smallest absolute Gasteiger partial charge is 0.748 e. The van der Waals surface area contributed by atoms with Gasteiger partial charge >= 0.3 is 41.5 Å². The Hall–Kier alpha value is -0.350. The van der Waals surface area contributed by atoms with E-state index in [2.05, 4.69) is 13.8 Å². The molecule has 0 unspecified atom stereocenters. The third kappa shape index (κ3) is 33.8. The fraction of sp³-hybridized carbons (Fsp3) is 0.956. The topological polar surface area (TPSA) is 189 Å². The van der Waals surface area contributed by atoms with E-state index in [0.29, 0.717) is 12.8 Å². The van der Waals surface area contributed by atoms with Crippen molar-refractivity contribution in [2.75, 3.05) is 19.0 Å². The zero-order valence-electron chi connectivity index (χ0n) is 37.6. The quantitative estimate of drug-likeness (QED) is 0.0269. The van der Waals surface area contributed by atoms with E-state index in [1.165, 1.54) is 141 Å². The van der Waals surface area contributed by atoms with Gasteiger partial charge in [-0.15, -0.1) is 0 Å². The maximum Gasteiger partial charge on any atom is 1.00 e. The van der Waals surface area contributed by atoms with Crippen LogP contribution in [-0.4, -0.2) is 96.0 Å². The van der Waals surface area contributed by atoms with Gasteiger partial charge in [-0.1, -0.05) is 194 Å². The molecule has 3 N–H and O–H groups in total. The second-order valence-electron chi connectivity index (χ2n) is 16.8. The molecule has 0 amide bonds. The molecule has 1 rings (SSSR count). The average Bonchev–Trinajstić information content (AvgIpc) is 3.18. The summed E-state index contributed by atoms with van der Waals surface area (Å²) in [5.41, 5.74) is 0. The maximum atomic E-state index is 12.8. The summed E-state index contributed by atoms with van der Waals surface area (Å²) < 4.78 is 55.9. The van der Waals surface area contributed by atoms with Crippen molar-refractivity contribution in [3.8, 4) is 0 Å². The molecule has 12 nitrogen and oxygen atoms in total. The predicted molar refractivity (Wildman–Crippen MR) is 227 cm³/mol. The van der Waals surface area contributed by atoms with E-state index in [1.807, 2.05) is 0 Å². The molecule has 1 aliphatic heterocycles. The number of unbranched alkanes of at least 4 members (excludes halogenated alkanes) is 28. The van der Waals surface area contributed by atoms with Crippen molar-refractivity contribution < 1.29 is 86.4 Å². The Morgan fingerprint density at radius 1 is 0.542 bits per heavy atom. The number of hydrogen-bond donors (Lipinski definition) is 3. The van der Waals surface area contributed by atoms with Gasteiger partial charge in [0.15, 0.2) is 12.4 Å². The van der Waals surface area contributed by atoms with Crippen LogP contribution >= 0.6 is 0 Å². The van der Waals surface area contributed by atoms with Crippen molar-refractivity contribution in [3.05, 3.63) is 0 Å². The van der Waals surface area contributed by atoms with Crippen LogP contribution in [0.25, 0.3) is 0 Å². The van der Waals surface area contributed by atoms with Crippen molar-refractivity contribution in [1.82, 2.24) is 0 Å². The first-order valence-electron chi connectivity index (χ1n) is 23.6. The number of carbonyl (C=O) groups is 2. The van der Waals surface area contributed by atoms with Gasteiger partial charge in [-0.2, -0.15) is 0 Å². The zero-order valence-corrected chi connectivity index (χ0v) is 40.5. The minimum absolute atomic E-state index is 0. The van der Waals surface area contributed by atoms with Crippen LogP contribution in [0.5, 0.6) is 0 Å². The Labute approximate surface area is 381 Å². The summed E-state index contributed by atoms with van der Waals surface area (Å²) in [5.74, 6) is -2.09. The van der Waals surface area contributed by atoms with Crippen molar-refractivity contribution in [3.63, 3.8) is 0 Å². The fourth-order valence-electron chi connectivity index (χ4n) is 7.50. The second kappa shape index (κ2) is 39.3. The summed E-state index contributed by atoms with van der Waals surface area (Å²) in [4.78, 5) is 25.4. The molecule has 59 heavy (non-hydrogen) atoms. The number of hydrogen-bond acceptors (Lipinski definition) is 12. The first-order chi connectivity index (χ1) is 28.0. The monoisotopic (exact) mass is 873 g/mol. The molecule has 1 fully saturated rings. The minimum Gasteiger partial charge on any atom is -0.748 e. The van der Waals surface area contributed by atoms with Crippen LogP contribution in [0.1, 0.15) is 219 Å². The number of aliphatic hydroxyl groups is 3. The molecule has 1 aliphatic rings. The van der Waals surface area contributed by atoms with Gasteiger partial charge in [-0.3, -0.25) is 9.59 Å². The van der Waals surface area contributed by atoms with Crippen LogP contribution < -0.4 is 29.6 Å². The normalized spacial score (nSPS) is 19.9. The average molecular weight is 873 g/mol. The molecule has 0 saturated carbocycles. The van der Waals surface area contributed by atoms with Gasteiger partial charge in [-0.05, 0) is 12.8 Å². The number of carbonyl (C=O) groups excluding carboxylic acids is 2. The molecule has 0 bridgehead atoms. The van der Waals surface area contributed by atoms with Gasteiger partial charge in [0.05, 0.1) is 22.5 Å². The summed E-state index contributed by atoms with van der Waals surface area (Å²) in [6, 6.07) is 0. The Balaban J connectivity index is 0.0000336. The largest absolute Gasteiger partial charge is 1.00 e. The zero-order chi connectivity index (χ0) is 42.7. The standard InChI is InChI=1S/C45H86O12S.Na/c1-3-5-7-9-11-13-15-17-19-21-23-25-27-29-31-33-40(46)54-35-38(36-55-45-44(50)43(49)42(48)39(57-45)37-58(51,52)53)56-41(47)34-32-30-28-26-24-22-20-18-16-14-12-10-8-6-4-2;/h38-39,42-45,48-50H,3-37H2,1-2H3,(H,51,52,53);/q;+1/p-1/t38-,39+,42+,43-,44+,45-;/m0./s1. The Morgan fingerprint density at radius 3 is 1.27 bits per heavy atom. The van der Waals surface area contributed by atoms with E-state index in [9.17, 15) is 37.9 Å². The summed E-state index contributed by atoms with van der Waals surface area (Å²) in [5, 5.41) is 30.8. The van der Waals surface area contributed by atoms with Crippen LogP contribution in [0.3, 0.4) is 0 Å². The molecule has 14 heteroatoms. The molecular formula is C45H85NaO12S. The number of rotatable bonds is 40. The van der Waals surface area contributed by atoms with Crippen LogP contribution in [0.15, 0.2) is 0 Å². The van der Waals surface area contributed by atoms with Gasteiger partial charge in [-0.25, -0.2) is 8.42 Å². The Kier molecular flexibility index (Phi) is 39.0. The van der Waals surface area contributed by atoms with Crippen molar-refractivity contribution in [2.45, 2.75) is 256 Å². The molecule has 0 aliphatic carbocycles. The summed E-state index contributed by atoms with van der Waals surface area (Å²) in [6.45, 7) is 3.76. The van der Waals surface area contributed by atoms with Crippen molar-refractivity contribution >= 4 is 22.1 Å². The molecular weight excluding hydrogens is 788 g/mol. The van der Waals surface area contributed by atoms with Crippen molar-refractivity contribution in [1.29, 1.82) is 0 Å². The molecule has 0 aromatic heterocycles. The second-order valence-corrected chi connectivity index (χ2v) is 18.2. The predicted octanol–water partition coefficient (Wildman–Crippen LogP) is 6.34. The Morgan fingerprint density at radius 2 is 0.898 bits per heavy atom. The van der Waals surface area contributed by atoms with Crippen LogP contribution in [-0.2, 0) is 38.7 Å². The molecule has 0 radical (unpaired) electrons. The van der Waals surface area contributed by atoms with E-state index in [0.717, 1.165) is 38.5 Å². The fourth-order valence-corrected chi connectivity index (χ4v) is 8.17. The molecule has 0 aromatic rings. The number of aliphatic hydroxyl groups excluding tert-OH is 3. The molecule has 0 aromatic carbocycles. The first-order valence-corrected chi connectivity index (χ1v) is 25.2. The molecule has 6 atom stereocenters. The summed E-state index contributed by atoms with van der Waals surface area (Å²) >= 11 is 0. The van der Waals surface area contributed by atoms with Crippen LogP contribution in [0, 0.1) is 0 Å². The van der Waals surface area contributed by atoms with E-state index >= 15 is 0 Å². The van der Waals surface area contributed by atoms with Crippen molar-refractivity contribution in [2.24, 2.45) is 0 Å². The van der Waals surface area contributed by atoms with Gasteiger partial charge in [0.1, 0.15) is 31.0 Å². The first kappa shape index (κ1) is 58.6. The van der Waals surface area contributed by atoms with Gasteiger partial charge in [0.25, 0.3) is 0 Å². The van der Waals surface area contributed by atoms with Crippen LogP contribution in [0.4, 0.5) is 0 Å². The SMILES string of the molecule is CCCCCCCCCCCCCCCCCC(=O)OC[C@@H](CO[C@H]1O[C@H](CS(=O)(=O)[O-])[C@@H](O)[C@H](O)[C@H]1O)OC(=O)CCCCCCCCCCCCCCCCC.[Na+]. The van der Waals surface area contributed by atoms with E-state index in [-0.39, 0.29) is 49.0 Å².